The summed E-state index contributed by atoms with van der Waals surface area (Å²) in [7, 11) is 1.77. The van der Waals surface area contributed by atoms with Crippen LogP contribution in [0.5, 0.6) is 0 Å². The van der Waals surface area contributed by atoms with Gasteiger partial charge in [0.15, 0.2) is 0 Å². The highest BCUT2D eigenvalue weighted by Gasteiger charge is 2.25. The minimum absolute atomic E-state index is 0.312. The predicted octanol–water partition coefficient (Wildman–Crippen LogP) is 1.33. The topological polar surface area (TPSA) is 67.2 Å². The number of hydrogen-bond acceptors (Lipinski definition) is 5. The van der Waals surface area contributed by atoms with Crippen molar-refractivity contribution in [1.82, 2.24) is 19.4 Å². The number of sulfonamides is 1. The Morgan fingerprint density at radius 2 is 2.19 bits per heavy atom. The maximum Gasteiger partial charge on any atom is 0.244 e. The Morgan fingerprint density at radius 3 is 2.76 bits per heavy atom. The smallest absolute Gasteiger partial charge is 0.244 e. The van der Waals surface area contributed by atoms with E-state index in [0.717, 1.165) is 15.3 Å². The largest absolute Gasteiger partial charge is 0.315 e. The monoisotopic (exact) mass is 328 g/mol. The van der Waals surface area contributed by atoms with Crippen LogP contribution in [-0.2, 0) is 30.2 Å². The molecule has 0 bridgehead atoms. The second kappa shape index (κ2) is 6.27. The highest BCUT2D eigenvalue weighted by molar-refractivity contribution is 7.89. The van der Waals surface area contributed by atoms with Crippen molar-refractivity contribution >= 4 is 21.4 Å². The molecule has 8 heteroatoms. The Labute approximate surface area is 129 Å². The number of nitrogens with zero attached hydrogens (tertiary/aromatic N) is 3. The van der Waals surface area contributed by atoms with Gasteiger partial charge in [0.05, 0.1) is 11.1 Å². The quantitative estimate of drug-likeness (QED) is 0.869. The molecule has 0 aromatic carbocycles. The molecule has 1 N–H and O–H groups in total. The first-order valence-corrected chi connectivity index (χ1v) is 8.78. The molecule has 0 unspecified atom stereocenters. The van der Waals surface area contributed by atoms with Crippen molar-refractivity contribution in [2.24, 2.45) is 7.05 Å². The van der Waals surface area contributed by atoms with Gasteiger partial charge in [-0.25, -0.2) is 8.42 Å². The average molecular weight is 328 g/mol. The predicted molar refractivity (Wildman–Crippen MR) is 83.7 cm³/mol. The van der Waals surface area contributed by atoms with Crippen molar-refractivity contribution in [2.45, 2.75) is 24.9 Å². The number of hydrogen-bond donors (Lipinski definition) is 1. The van der Waals surface area contributed by atoms with Crippen molar-refractivity contribution in [2.75, 3.05) is 14.1 Å². The SMILES string of the molecule is CNCc1cc(S(=O)(=O)N(C)Cc2cnn(C)c2)c(C)s1. The number of thiophene rings is 1. The van der Waals surface area contributed by atoms with Crippen molar-refractivity contribution in [3.05, 3.63) is 33.8 Å². The van der Waals surface area contributed by atoms with E-state index in [9.17, 15) is 8.42 Å². The van der Waals surface area contributed by atoms with Crippen LogP contribution in [0, 0.1) is 6.92 Å². The lowest BCUT2D eigenvalue weighted by Crippen LogP contribution is -2.26. The Balaban J connectivity index is 2.24. The molecule has 0 aliphatic carbocycles. The van der Waals surface area contributed by atoms with Crippen LogP contribution < -0.4 is 5.32 Å². The zero-order chi connectivity index (χ0) is 15.6. The van der Waals surface area contributed by atoms with Crippen molar-refractivity contribution in [1.29, 1.82) is 0 Å². The molecule has 2 heterocycles. The van der Waals surface area contributed by atoms with Gasteiger partial charge >= 0.3 is 0 Å². The molecule has 0 amide bonds. The normalized spacial score (nSPS) is 12.2. The fraction of sp³-hybridized carbons (Fsp3) is 0.462. The summed E-state index contributed by atoms with van der Waals surface area (Å²) < 4.78 is 28.4. The zero-order valence-corrected chi connectivity index (χ0v) is 14.3. The lowest BCUT2D eigenvalue weighted by Gasteiger charge is -2.16. The first-order valence-electron chi connectivity index (χ1n) is 6.52. The molecule has 2 rings (SSSR count). The summed E-state index contributed by atoms with van der Waals surface area (Å²) in [5.41, 5.74) is 0.868. The second-order valence-electron chi connectivity index (χ2n) is 4.95. The lowest BCUT2D eigenvalue weighted by molar-refractivity contribution is 0.466. The van der Waals surface area contributed by atoms with Crippen molar-refractivity contribution in [3.8, 4) is 0 Å². The van der Waals surface area contributed by atoms with E-state index in [0.29, 0.717) is 18.0 Å². The minimum atomic E-state index is -3.48. The maximum absolute atomic E-state index is 12.7. The molecule has 0 saturated heterocycles. The van der Waals surface area contributed by atoms with E-state index in [1.807, 2.05) is 27.2 Å². The van der Waals surface area contributed by atoms with Crippen LogP contribution in [0.1, 0.15) is 15.3 Å². The van der Waals surface area contributed by atoms with Gasteiger partial charge in [-0.15, -0.1) is 11.3 Å². The van der Waals surface area contributed by atoms with Crippen LogP contribution in [0.2, 0.25) is 0 Å². The van der Waals surface area contributed by atoms with E-state index >= 15 is 0 Å². The number of aryl methyl sites for hydroxylation is 2. The van der Waals surface area contributed by atoms with E-state index in [1.165, 1.54) is 15.6 Å². The Morgan fingerprint density at radius 1 is 1.48 bits per heavy atom. The first-order chi connectivity index (χ1) is 9.84. The van der Waals surface area contributed by atoms with Crippen LogP contribution in [0.15, 0.2) is 23.4 Å². The summed E-state index contributed by atoms with van der Waals surface area (Å²) in [5, 5.41) is 7.10. The summed E-state index contributed by atoms with van der Waals surface area (Å²) >= 11 is 1.51. The molecule has 0 saturated carbocycles. The van der Waals surface area contributed by atoms with E-state index in [2.05, 4.69) is 10.4 Å². The molecule has 2 aromatic heterocycles. The third-order valence-electron chi connectivity index (χ3n) is 3.13. The molecule has 0 atom stereocenters. The lowest BCUT2D eigenvalue weighted by atomic mass is 10.4. The van der Waals surface area contributed by atoms with Gasteiger partial charge in [0.1, 0.15) is 0 Å². The molecule has 0 aliphatic heterocycles. The van der Waals surface area contributed by atoms with Gasteiger partial charge in [0.25, 0.3) is 0 Å². The third-order valence-corrected chi connectivity index (χ3v) is 6.24. The fourth-order valence-corrected chi connectivity index (χ4v) is 4.88. The van der Waals surface area contributed by atoms with Gasteiger partial charge < -0.3 is 5.32 Å². The van der Waals surface area contributed by atoms with Gasteiger partial charge in [0, 0.05) is 48.7 Å². The molecule has 6 nitrogen and oxygen atoms in total. The summed E-state index contributed by atoms with van der Waals surface area (Å²) in [6, 6.07) is 1.76. The third kappa shape index (κ3) is 3.52. The maximum atomic E-state index is 12.7. The van der Waals surface area contributed by atoms with Crippen LogP contribution in [0.3, 0.4) is 0 Å². The molecule has 0 aliphatic rings. The van der Waals surface area contributed by atoms with E-state index < -0.39 is 10.0 Å². The zero-order valence-electron chi connectivity index (χ0n) is 12.6. The number of rotatable bonds is 6. The van der Waals surface area contributed by atoms with Gasteiger partial charge in [0.2, 0.25) is 10.0 Å². The number of nitrogens with one attached hydrogen (secondary N) is 1. The molecular formula is C13H20N4O2S2. The molecule has 21 heavy (non-hydrogen) atoms. The van der Waals surface area contributed by atoms with Gasteiger partial charge in [-0.05, 0) is 20.0 Å². The second-order valence-corrected chi connectivity index (χ2v) is 8.30. The van der Waals surface area contributed by atoms with Crippen LogP contribution in [0.4, 0.5) is 0 Å². The van der Waals surface area contributed by atoms with Gasteiger partial charge in [-0.1, -0.05) is 0 Å². The Kier molecular flexibility index (Phi) is 4.82. The highest BCUT2D eigenvalue weighted by atomic mass is 32.2. The Bertz CT molecular complexity index is 718. The minimum Gasteiger partial charge on any atom is -0.315 e. The molecule has 2 aromatic rings. The van der Waals surface area contributed by atoms with Gasteiger partial charge in [-0.3, -0.25) is 4.68 Å². The molecule has 0 radical (unpaired) electrons. The van der Waals surface area contributed by atoms with Crippen LogP contribution in [0.25, 0.3) is 0 Å². The first kappa shape index (κ1) is 16.2. The molecular weight excluding hydrogens is 308 g/mol. The molecule has 116 valence electrons. The molecule has 0 fully saturated rings. The van der Waals surface area contributed by atoms with Crippen LogP contribution >= 0.6 is 11.3 Å². The highest BCUT2D eigenvalue weighted by Crippen LogP contribution is 2.28. The van der Waals surface area contributed by atoms with E-state index in [4.69, 9.17) is 0 Å². The summed E-state index contributed by atoms with van der Waals surface area (Å²) in [6.45, 7) is 2.83. The van der Waals surface area contributed by atoms with Gasteiger partial charge in [-0.2, -0.15) is 9.40 Å². The summed E-state index contributed by atoms with van der Waals surface area (Å²) in [4.78, 5) is 2.23. The van der Waals surface area contributed by atoms with E-state index in [-0.39, 0.29) is 0 Å². The fourth-order valence-electron chi connectivity index (χ4n) is 2.11. The van der Waals surface area contributed by atoms with E-state index in [1.54, 1.807) is 24.0 Å². The summed E-state index contributed by atoms with van der Waals surface area (Å²) in [6.07, 6.45) is 3.50. The van der Waals surface area contributed by atoms with Crippen molar-refractivity contribution < 1.29 is 8.42 Å². The standard InChI is InChI=1S/C13H20N4O2S2/c1-10-13(5-12(20-10)7-14-2)21(18,19)17(4)9-11-6-15-16(3)8-11/h5-6,8,14H,7,9H2,1-4H3. The number of aromatic nitrogens is 2. The Hall–Kier alpha value is -1.22. The summed E-state index contributed by atoms with van der Waals surface area (Å²) in [5.74, 6) is 0. The average Bonchev–Trinajstić information content (AvgIpc) is 2.96. The van der Waals surface area contributed by atoms with Crippen molar-refractivity contribution in [3.63, 3.8) is 0 Å². The molecule has 0 spiro atoms. The van der Waals surface area contributed by atoms with Crippen LogP contribution in [-0.4, -0.2) is 36.6 Å².